The van der Waals surface area contributed by atoms with Gasteiger partial charge < -0.3 is 9.47 Å². The molecule has 0 N–H and O–H groups in total. The molecule has 4 rings (SSSR count). The fraction of sp³-hybridized carbons (Fsp3) is 0.455. The van der Waals surface area contributed by atoms with Gasteiger partial charge in [0, 0.05) is 18.0 Å². The summed E-state index contributed by atoms with van der Waals surface area (Å²) >= 11 is 1.63. The zero-order valence-electron chi connectivity index (χ0n) is 17.1. The lowest BCUT2D eigenvalue weighted by Gasteiger charge is -2.13. The normalized spacial score (nSPS) is 13.5. The van der Waals surface area contributed by atoms with Gasteiger partial charge in [-0.2, -0.15) is 0 Å². The molecule has 1 aliphatic rings. The Kier molecular flexibility index (Phi) is 5.50. The summed E-state index contributed by atoms with van der Waals surface area (Å²) < 4.78 is 13.8. The summed E-state index contributed by atoms with van der Waals surface area (Å²) in [7, 11) is 3.20. The number of hydrogen-bond donors (Lipinski definition) is 0. The van der Waals surface area contributed by atoms with E-state index in [2.05, 4.69) is 0 Å². The average Bonchev–Trinajstić information content (AvgIpc) is 3.13. The maximum absolute atomic E-state index is 13.3. The minimum Gasteiger partial charge on any atom is -0.493 e. The molecule has 0 saturated heterocycles. The number of rotatable bonds is 6. The molecule has 0 unspecified atom stereocenters. The smallest absolute Gasteiger partial charge is 0.332 e. The van der Waals surface area contributed by atoms with Crippen molar-refractivity contribution in [3.05, 3.63) is 55.0 Å². The molecular weight excluding hydrogens is 388 g/mol. The Morgan fingerprint density at radius 2 is 1.79 bits per heavy atom. The van der Waals surface area contributed by atoms with Crippen molar-refractivity contribution in [2.75, 3.05) is 14.2 Å². The number of ether oxygens (including phenoxy) is 2. The molecule has 1 aliphatic carbocycles. The summed E-state index contributed by atoms with van der Waals surface area (Å²) in [4.78, 5) is 28.5. The molecule has 2 aromatic heterocycles. The first-order chi connectivity index (χ1) is 14.1. The first-order valence-corrected chi connectivity index (χ1v) is 10.9. The summed E-state index contributed by atoms with van der Waals surface area (Å²) in [5.74, 6) is 1.30. The number of hydrogen-bond acceptors (Lipinski definition) is 5. The minimum absolute atomic E-state index is 0.144. The second-order valence-corrected chi connectivity index (χ2v) is 8.40. The summed E-state index contributed by atoms with van der Waals surface area (Å²) in [5, 5.41) is 0.762. The quantitative estimate of drug-likeness (QED) is 0.620. The predicted molar refractivity (Wildman–Crippen MR) is 116 cm³/mol. The van der Waals surface area contributed by atoms with Crippen LogP contribution in [-0.4, -0.2) is 23.4 Å². The lowest BCUT2D eigenvalue weighted by molar-refractivity contribution is 0.354. The van der Waals surface area contributed by atoms with E-state index in [9.17, 15) is 9.59 Å². The van der Waals surface area contributed by atoms with E-state index >= 15 is 0 Å². The van der Waals surface area contributed by atoms with Crippen LogP contribution in [0.15, 0.2) is 27.8 Å². The van der Waals surface area contributed by atoms with E-state index in [0.717, 1.165) is 41.5 Å². The number of nitrogens with zero attached hydrogens (tertiary/aromatic N) is 2. The second-order valence-electron chi connectivity index (χ2n) is 7.31. The average molecular weight is 415 g/mol. The number of benzene rings is 1. The van der Waals surface area contributed by atoms with Crippen molar-refractivity contribution >= 4 is 21.6 Å². The number of methoxy groups -OCH3 is 2. The molecule has 154 valence electrons. The van der Waals surface area contributed by atoms with Gasteiger partial charge >= 0.3 is 5.69 Å². The SMILES string of the molecule is CCn1c(=O)n(CCc2ccc(OC)c(OC)c2)c(=O)c2c3c(sc21)CCCC3. The van der Waals surface area contributed by atoms with E-state index in [1.807, 2.05) is 25.1 Å². The van der Waals surface area contributed by atoms with Gasteiger partial charge in [-0.1, -0.05) is 6.07 Å². The van der Waals surface area contributed by atoms with Crippen LogP contribution in [0.3, 0.4) is 0 Å². The standard InChI is InChI=1S/C22H26N2O4S/c1-4-23-21-19(15-7-5-6-8-18(15)29-21)20(25)24(22(23)26)12-11-14-9-10-16(27-2)17(13-14)28-3/h9-10,13H,4-8,11-12H2,1-3H3. The third-order valence-electron chi connectivity index (χ3n) is 5.71. The first-order valence-electron chi connectivity index (χ1n) is 10.1. The maximum Gasteiger partial charge on any atom is 0.332 e. The van der Waals surface area contributed by atoms with E-state index in [1.54, 1.807) is 30.1 Å². The number of aryl methyl sites for hydroxylation is 4. The van der Waals surface area contributed by atoms with Crippen molar-refractivity contribution in [3.8, 4) is 11.5 Å². The molecule has 29 heavy (non-hydrogen) atoms. The Bertz CT molecular complexity index is 1170. The highest BCUT2D eigenvalue weighted by atomic mass is 32.1. The minimum atomic E-state index is -0.218. The Labute approximate surface area is 173 Å². The topological polar surface area (TPSA) is 62.5 Å². The molecule has 7 heteroatoms. The number of thiophene rings is 1. The molecule has 0 aliphatic heterocycles. The van der Waals surface area contributed by atoms with Gasteiger partial charge in [0.2, 0.25) is 0 Å². The van der Waals surface area contributed by atoms with Crippen LogP contribution in [-0.2, 0) is 32.4 Å². The van der Waals surface area contributed by atoms with Crippen molar-refractivity contribution in [3.63, 3.8) is 0 Å². The van der Waals surface area contributed by atoms with Gasteiger partial charge in [-0.05, 0) is 62.3 Å². The molecule has 1 aromatic carbocycles. The van der Waals surface area contributed by atoms with Crippen LogP contribution in [0.25, 0.3) is 10.2 Å². The number of aromatic nitrogens is 2. The van der Waals surface area contributed by atoms with Crippen molar-refractivity contribution < 1.29 is 9.47 Å². The van der Waals surface area contributed by atoms with Crippen LogP contribution >= 0.6 is 11.3 Å². The van der Waals surface area contributed by atoms with Gasteiger partial charge in [-0.25, -0.2) is 4.79 Å². The Morgan fingerprint density at radius 1 is 1.03 bits per heavy atom. The van der Waals surface area contributed by atoms with Gasteiger partial charge in [-0.3, -0.25) is 13.9 Å². The van der Waals surface area contributed by atoms with E-state index in [-0.39, 0.29) is 11.2 Å². The Morgan fingerprint density at radius 3 is 2.52 bits per heavy atom. The van der Waals surface area contributed by atoms with Crippen LogP contribution in [0.2, 0.25) is 0 Å². The van der Waals surface area contributed by atoms with E-state index in [1.165, 1.54) is 15.0 Å². The van der Waals surface area contributed by atoms with Crippen molar-refractivity contribution in [1.29, 1.82) is 0 Å². The third-order valence-corrected chi connectivity index (χ3v) is 7.02. The highest BCUT2D eigenvalue weighted by Crippen LogP contribution is 2.34. The predicted octanol–water partition coefficient (Wildman–Crippen LogP) is 3.38. The fourth-order valence-corrected chi connectivity index (χ4v) is 5.61. The molecule has 0 bridgehead atoms. The van der Waals surface area contributed by atoms with Crippen LogP contribution in [0.5, 0.6) is 11.5 Å². The summed E-state index contributed by atoms with van der Waals surface area (Å²) in [6.45, 7) is 2.86. The lowest BCUT2D eigenvalue weighted by atomic mass is 9.97. The zero-order chi connectivity index (χ0) is 20.5. The lowest BCUT2D eigenvalue weighted by Crippen LogP contribution is -2.40. The molecule has 0 spiro atoms. The van der Waals surface area contributed by atoms with Crippen molar-refractivity contribution in [1.82, 2.24) is 9.13 Å². The largest absolute Gasteiger partial charge is 0.493 e. The van der Waals surface area contributed by atoms with Gasteiger partial charge in [0.05, 0.1) is 19.6 Å². The maximum atomic E-state index is 13.3. The molecule has 0 atom stereocenters. The molecule has 3 aromatic rings. The highest BCUT2D eigenvalue weighted by Gasteiger charge is 2.23. The van der Waals surface area contributed by atoms with Gasteiger partial charge in [-0.15, -0.1) is 11.3 Å². The highest BCUT2D eigenvalue weighted by molar-refractivity contribution is 7.18. The van der Waals surface area contributed by atoms with E-state index in [4.69, 9.17) is 9.47 Å². The molecule has 6 nitrogen and oxygen atoms in total. The molecule has 0 radical (unpaired) electrons. The van der Waals surface area contributed by atoms with Gasteiger partial charge in [0.25, 0.3) is 5.56 Å². The molecule has 2 heterocycles. The second kappa shape index (κ2) is 8.06. The first kappa shape index (κ1) is 19.8. The zero-order valence-corrected chi connectivity index (χ0v) is 17.9. The Hall–Kier alpha value is -2.54. The summed E-state index contributed by atoms with van der Waals surface area (Å²) in [6.07, 6.45) is 4.77. The Balaban J connectivity index is 1.76. The van der Waals surface area contributed by atoms with Crippen LogP contribution < -0.4 is 20.7 Å². The van der Waals surface area contributed by atoms with Crippen molar-refractivity contribution in [2.24, 2.45) is 0 Å². The van der Waals surface area contributed by atoms with Gasteiger partial charge in [0.1, 0.15) is 4.83 Å². The molecular formula is C22H26N2O4S. The summed E-state index contributed by atoms with van der Waals surface area (Å²) in [5.41, 5.74) is 1.80. The van der Waals surface area contributed by atoms with Crippen molar-refractivity contribution in [2.45, 2.75) is 52.1 Å². The monoisotopic (exact) mass is 414 g/mol. The molecule has 0 saturated carbocycles. The van der Waals surface area contributed by atoms with Crippen LogP contribution in [0, 0.1) is 0 Å². The molecule has 0 fully saturated rings. The van der Waals surface area contributed by atoms with Crippen LogP contribution in [0.4, 0.5) is 0 Å². The van der Waals surface area contributed by atoms with E-state index in [0.29, 0.717) is 31.0 Å². The summed E-state index contributed by atoms with van der Waals surface area (Å²) in [6, 6.07) is 5.68. The number of fused-ring (bicyclic) bond motifs is 3. The fourth-order valence-electron chi connectivity index (χ4n) is 4.17. The third kappa shape index (κ3) is 3.37. The molecule has 0 amide bonds. The van der Waals surface area contributed by atoms with Gasteiger partial charge in [0.15, 0.2) is 11.5 Å². The van der Waals surface area contributed by atoms with E-state index < -0.39 is 0 Å². The van der Waals surface area contributed by atoms with Crippen LogP contribution in [0.1, 0.15) is 35.8 Å².